The summed E-state index contributed by atoms with van der Waals surface area (Å²) < 4.78 is 13.7. The van der Waals surface area contributed by atoms with Gasteiger partial charge in [0.1, 0.15) is 6.10 Å². The minimum atomic E-state index is -0.413. The molecule has 0 spiro atoms. The van der Waals surface area contributed by atoms with Gasteiger partial charge in [0.15, 0.2) is 5.69 Å². The molecule has 13 heavy (non-hydrogen) atoms. The van der Waals surface area contributed by atoms with Crippen molar-refractivity contribution in [2.24, 2.45) is 0 Å². The number of carbonyl (C=O) groups excluding carboxylic acids is 1. The van der Waals surface area contributed by atoms with E-state index in [9.17, 15) is 4.79 Å². The SMILES string of the molecule is O=C(OC1CCOC1)c1csnn1. The fourth-order valence-corrected chi connectivity index (χ4v) is 1.50. The lowest BCUT2D eigenvalue weighted by Crippen LogP contribution is -2.18. The van der Waals surface area contributed by atoms with E-state index in [1.807, 2.05) is 0 Å². The van der Waals surface area contributed by atoms with Gasteiger partial charge in [-0.15, -0.1) is 5.10 Å². The highest BCUT2D eigenvalue weighted by Gasteiger charge is 2.21. The molecule has 1 aromatic rings. The lowest BCUT2D eigenvalue weighted by molar-refractivity contribution is 0.0264. The van der Waals surface area contributed by atoms with Crippen LogP contribution in [0.4, 0.5) is 0 Å². The molecule has 1 fully saturated rings. The first-order chi connectivity index (χ1) is 6.36. The molecule has 0 amide bonds. The van der Waals surface area contributed by atoms with Gasteiger partial charge in [-0.05, 0) is 11.5 Å². The average molecular weight is 200 g/mol. The molecule has 0 aliphatic carbocycles. The van der Waals surface area contributed by atoms with Gasteiger partial charge in [-0.3, -0.25) is 0 Å². The van der Waals surface area contributed by atoms with Crippen molar-refractivity contribution >= 4 is 17.5 Å². The van der Waals surface area contributed by atoms with Crippen LogP contribution in [0, 0.1) is 0 Å². The van der Waals surface area contributed by atoms with Gasteiger partial charge >= 0.3 is 5.97 Å². The molecule has 2 heterocycles. The number of hydrogen-bond donors (Lipinski definition) is 0. The van der Waals surface area contributed by atoms with Crippen LogP contribution < -0.4 is 0 Å². The van der Waals surface area contributed by atoms with Gasteiger partial charge in [0, 0.05) is 11.8 Å². The summed E-state index contributed by atoms with van der Waals surface area (Å²) in [6, 6.07) is 0. The van der Waals surface area contributed by atoms with Gasteiger partial charge < -0.3 is 9.47 Å². The fourth-order valence-electron chi connectivity index (χ4n) is 1.07. The fraction of sp³-hybridized carbons (Fsp3) is 0.571. The average Bonchev–Trinajstić information content (AvgIpc) is 2.74. The Labute approximate surface area is 78.8 Å². The highest BCUT2D eigenvalue weighted by atomic mass is 32.1. The van der Waals surface area contributed by atoms with Crippen LogP contribution in [0.2, 0.25) is 0 Å². The Morgan fingerprint density at radius 3 is 3.31 bits per heavy atom. The Morgan fingerprint density at radius 1 is 1.77 bits per heavy atom. The first-order valence-corrected chi connectivity index (χ1v) is 4.75. The number of carbonyl (C=O) groups is 1. The summed E-state index contributed by atoms with van der Waals surface area (Å²) in [6.07, 6.45) is 0.651. The van der Waals surface area contributed by atoms with Crippen molar-refractivity contribution in [1.29, 1.82) is 0 Å². The van der Waals surface area contributed by atoms with Crippen molar-refractivity contribution in [3.8, 4) is 0 Å². The monoisotopic (exact) mass is 200 g/mol. The Balaban J connectivity index is 1.91. The molecule has 1 aliphatic heterocycles. The summed E-state index contributed by atoms with van der Waals surface area (Å²) in [5.74, 6) is -0.413. The van der Waals surface area contributed by atoms with E-state index < -0.39 is 5.97 Å². The topological polar surface area (TPSA) is 61.3 Å². The first kappa shape index (κ1) is 8.58. The van der Waals surface area contributed by atoms with Crippen molar-refractivity contribution in [2.75, 3.05) is 13.2 Å². The molecule has 1 aliphatic rings. The van der Waals surface area contributed by atoms with E-state index in [-0.39, 0.29) is 11.8 Å². The highest BCUT2D eigenvalue weighted by Crippen LogP contribution is 2.10. The molecule has 1 aromatic heterocycles. The lowest BCUT2D eigenvalue weighted by Gasteiger charge is -2.07. The van der Waals surface area contributed by atoms with Gasteiger partial charge in [-0.25, -0.2) is 4.79 Å². The zero-order chi connectivity index (χ0) is 9.10. The van der Waals surface area contributed by atoms with Gasteiger partial charge in [0.05, 0.1) is 13.2 Å². The third-order valence-electron chi connectivity index (χ3n) is 1.73. The summed E-state index contributed by atoms with van der Waals surface area (Å²) >= 11 is 1.13. The van der Waals surface area contributed by atoms with Gasteiger partial charge in [-0.2, -0.15) is 0 Å². The summed E-state index contributed by atoms with van der Waals surface area (Å²) in [7, 11) is 0. The zero-order valence-electron chi connectivity index (χ0n) is 6.80. The quantitative estimate of drug-likeness (QED) is 0.650. The maximum atomic E-state index is 11.3. The van der Waals surface area contributed by atoms with Crippen LogP contribution in [-0.2, 0) is 9.47 Å². The molecule has 1 unspecified atom stereocenters. The minimum absolute atomic E-state index is 0.116. The third kappa shape index (κ3) is 2.02. The Kier molecular flexibility index (Phi) is 2.51. The van der Waals surface area contributed by atoms with Crippen molar-refractivity contribution in [1.82, 2.24) is 9.59 Å². The van der Waals surface area contributed by atoms with Crippen LogP contribution in [0.1, 0.15) is 16.9 Å². The van der Waals surface area contributed by atoms with E-state index in [0.717, 1.165) is 18.0 Å². The molecule has 1 atom stereocenters. The predicted molar refractivity (Wildman–Crippen MR) is 44.5 cm³/mol. The van der Waals surface area contributed by atoms with E-state index >= 15 is 0 Å². The van der Waals surface area contributed by atoms with Crippen molar-refractivity contribution in [2.45, 2.75) is 12.5 Å². The standard InChI is InChI=1S/C7H8N2O3S/c10-7(6-4-13-9-8-6)12-5-1-2-11-3-5/h4-5H,1-3H2. The summed E-state index contributed by atoms with van der Waals surface area (Å²) in [6.45, 7) is 1.15. The van der Waals surface area contributed by atoms with Gasteiger partial charge in [0.25, 0.3) is 0 Å². The van der Waals surface area contributed by atoms with Crippen molar-refractivity contribution in [3.05, 3.63) is 11.1 Å². The van der Waals surface area contributed by atoms with Crippen LogP contribution in [0.25, 0.3) is 0 Å². The Morgan fingerprint density at radius 2 is 2.69 bits per heavy atom. The molecule has 6 heteroatoms. The maximum Gasteiger partial charge on any atom is 0.360 e. The van der Waals surface area contributed by atoms with Crippen LogP contribution in [-0.4, -0.2) is 34.9 Å². The highest BCUT2D eigenvalue weighted by molar-refractivity contribution is 7.03. The molecule has 0 radical (unpaired) electrons. The van der Waals surface area contributed by atoms with E-state index in [4.69, 9.17) is 9.47 Å². The van der Waals surface area contributed by atoms with E-state index in [0.29, 0.717) is 13.2 Å². The molecule has 2 rings (SSSR count). The smallest absolute Gasteiger partial charge is 0.360 e. The number of ether oxygens (including phenoxy) is 2. The number of aromatic nitrogens is 2. The van der Waals surface area contributed by atoms with Crippen molar-refractivity contribution in [3.63, 3.8) is 0 Å². The zero-order valence-corrected chi connectivity index (χ0v) is 7.62. The molecule has 70 valence electrons. The third-order valence-corrected chi connectivity index (χ3v) is 2.24. The number of hydrogen-bond acceptors (Lipinski definition) is 6. The molecular weight excluding hydrogens is 192 g/mol. The Hall–Kier alpha value is -1.01. The van der Waals surface area contributed by atoms with Crippen molar-refractivity contribution < 1.29 is 14.3 Å². The van der Waals surface area contributed by atoms with E-state index in [1.165, 1.54) is 0 Å². The summed E-state index contributed by atoms with van der Waals surface area (Å²) in [5.41, 5.74) is 0.275. The van der Waals surface area contributed by atoms with E-state index in [1.54, 1.807) is 5.38 Å². The molecule has 0 bridgehead atoms. The molecular formula is C7H8N2O3S. The van der Waals surface area contributed by atoms with Crippen LogP contribution in [0.15, 0.2) is 5.38 Å². The molecule has 1 saturated heterocycles. The summed E-state index contributed by atoms with van der Waals surface area (Å²) in [4.78, 5) is 11.3. The molecule has 0 N–H and O–H groups in total. The van der Waals surface area contributed by atoms with Gasteiger partial charge in [0.2, 0.25) is 0 Å². The lowest BCUT2D eigenvalue weighted by atomic mass is 10.3. The number of esters is 1. The van der Waals surface area contributed by atoms with Crippen LogP contribution in [0.5, 0.6) is 0 Å². The number of rotatable bonds is 2. The van der Waals surface area contributed by atoms with E-state index in [2.05, 4.69) is 9.59 Å². The summed E-state index contributed by atoms with van der Waals surface area (Å²) in [5, 5.41) is 5.18. The van der Waals surface area contributed by atoms with Crippen LogP contribution in [0.3, 0.4) is 0 Å². The second kappa shape index (κ2) is 3.80. The molecule has 0 saturated carbocycles. The molecule has 0 aromatic carbocycles. The van der Waals surface area contributed by atoms with Gasteiger partial charge in [-0.1, -0.05) is 4.49 Å². The second-order valence-corrected chi connectivity index (χ2v) is 3.29. The second-order valence-electron chi connectivity index (χ2n) is 2.68. The first-order valence-electron chi connectivity index (χ1n) is 3.92. The molecule has 5 nitrogen and oxygen atoms in total. The maximum absolute atomic E-state index is 11.3. The predicted octanol–water partition coefficient (Wildman–Crippen LogP) is 0.484. The largest absolute Gasteiger partial charge is 0.455 e. The normalized spacial score (nSPS) is 21.7. The Bertz CT molecular complexity index is 282. The minimum Gasteiger partial charge on any atom is -0.455 e. The van der Waals surface area contributed by atoms with Crippen LogP contribution >= 0.6 is 11.5 Å². The number of nitrogens with zero attached hydrogens (tertiary/aromatic N) is 2.